The molecule has 0 bridgehead atoms. The monoisotopic (exact) mass is 856 g/mol. The molecule has 2 nitrogen and oxygen atoms in total. The van der Waals surface area contributed by atoms with E-state index in [0.29, 0.717) is 0 Å². The van der Waals surface area contributed by atoms with Gasteiger partial charge in [-0.15, -0.1) is 11.3 Å². The molecule has 5 aliphatic rings. The highest BCUT2D eigenvalue weighted by molar-refractivity contribution is 7.28. The SMILES string of the molecule is C=C1C2=C(CCC=C2)C(C)(C)/C1=C/c1sc2c(c1C)N(c1ccc(C(C)(C)C)cc1)C1CC=C(c3ccccc3)C3=C1B2c1cc(C(C)(C)C)ccc1N3c1ccc(C(C)(C)C)cc1. The molecule has 0 saturated heterocycles. The highest BCUT2D eigenvalue weighted by Gasteiger charge is 2.51. The van der Waals surface area contributed by atoms with Gasteiger partial charge in [0.25, 0.3) is 6.71 Å². The summed E-state index contributed by atoms with van der Waals surface area (Å²) in [5, 5.41) is 0. The van der Waals surface area contributed by atoms with Crippen LogP contribution in [0.2, 0.25) is 0 Å². The first kappa shape index (κ1) is 42.6. The van der Waals surface area contributed by atoms with Crippen LogP contribution in [0, 0.1) is 12.3 Å². The molecule has 1 aromatic heterocycles. The number of nitrogens with zero attached hydrogens (tertiary/aromatic N) is 2. The summed E-state index contributed by atoms with van der Waals surface area (Å²) in [6.07, 6.45) is 12.9. The van der Waals surface area contributed by atoms with E-state index >= 15 is 0 Å². The first-order chi connectivity index (χ1) is 30.2. The van der Waals surface area contributed by atoms with E-state index in [-0.39, 0.29) is 34.4 Å². The van der Waals surface area contributed by atoms with Gasteiger partial charge in [0.1, 0.15) is 0 Å². The molecular formula is C60H65BN2S. The average Bonchev–Trinajstić information content (AvgIpc) is 3.68. The Labute approximate surface area is 388 Å². The summed E-state index contributed by atoms with van der Waals surface area (Å²) in [5.74, 6) is 0. The van der Waals surface area contributed by atoms with Crippen molar-refractivity contribution in [1.29, 1.82) is 0 Å². The lowest BCUT2D eigenvalue weighted by molar-refractivity contribution is 0.542. The molecule has 64 heavy (non-hydrogen) atoms. The molecule has 324 valence electrons. The van der Waals surface area contributed by atoms with E-state index in [1.54, 1.807) is 0 Å². The van der Waals surface area contributed by atoms with Gasteiger partial charge in [-0.3, -0.25) is 0 Å². The maximum absolute atomic E-state index is 4.78. The molecular weight excluding hydrogens is 792 g/mol. The third kappa shape index (κ3) is 6.72. The van der Waals surface area contributed by atoms with Crippen molar-refractivity contribution < 1.29 is 0 Å². The van der Waals surface area contributed by atoms with Crippen molar-refractivity contribution in [1.82, 2.24) is 0 Å². The van der Waals surface area contributed by atoms with Gasteiger partial charge in [-0.2, -0.15) is 0 Å². The minimum absolute atomic E-state index is 0.0157. The number of thiophene rings is 1. The van der Waals surface area contributed by atoms with E-state index < -0.39 is 0 Å². The summed E-state index contributed by atoms with van der Waals surface area (Å²) < 4.78 is 1.44. The van der Waals surface area contributed by atoms with Gasteiger partial charge < -0.3 is 9.80 Å². The van der Waals surface area contributed by atoms with Gasteiger partial charge in [0.15, 0.2) is 0 Å². The van der Waals surface area contributed by atoms with Crippen molar-refractivity contribution in [2.75, 3.05) is 9.80 Å². The third-order valence-corrected chi connectivity index (χ3v) is 16.3. The maximum Gasteiger partial charge on any atom is 0.259 e. The number of hydrogen-bond donors (Lipinski definition) is 0. The molecule has 10 rings (SSSR count). The van der Waals surface area contributed by atoms with Gasteiger partial charge in [0.05, 0.1) is 11.7 Å². The van der Waals surface area contributed by atoms with Gasteiger partial charge >= 0.3 is 0 Å². The fraction of sp³-hybridized carbons (Fsp3) is 0.333. The number of hydrogen-bond acceptors (Lipinski definition) is 3. The standard InChI is InChI=1S/C60H65BN2S/c1-37-45-21-17-18-22-47(45)60(12,13)48(37)36-52-38(2)54-56(64-52)61-49-35-42(59(9,10)11)27-33-50(49)62(43-28-23-40(24-29-43)57(3,4)5)55-46(39-19-15-14-16-20-39)32-34-51(53(55)61)63(54)44-30-25-41(26-31-44)58(6,7)8/h14-17,19-21,23-33,35-36,51H,1,18,22,34H2,2-13H3/b48-36+. The van der Waals surface area contributed by atoms with Gasteiger partial charge in [-0.1, -0.05) is 173 Å². The van der Waals surface area contributed by atoms with Crippen LogP contribution in [0.15, 0.2) is 155 Å². The topological polar surface area (TPSA) is 6.48 Å². The van der Waals surface area contributed by atoms with E-state index in [4.69, 9.17) is 6.58 Å². The van der Waals surface area contributed by atoms with E-state index in [1.165, 1.54) is 105 Å². The molecule has 0 radical (unpaired) electrons. The lowest BCUT2D eigenvalue weighted by Crippen LogP contribution is -2.60. The Hall–Kier alpha value is -5.32. The van der Waals surface area contributed by atoms with Crippen LogP contribution >= 0.6 is 11.3 Å². The second-order valence-electron chi connectivity index (χ2n) is 22.6. The predicted molar refractivity (Wildman–Crippen MR) is 280 cm³/mol. The Morgan fingerprint density at radius 1 is 0.766 bits per heavy atom. The van der Waals surface area contributed by atoms with Crippen molar-refractivity contribution in [3.05, 3.63) is 188 Å². The summed E-state index contributed by atoms with van der Waals surface area (Å²) in [5.41, 5.74) is 22.8. The first-order valence-corrected chi connectivity index (χ1v) is 24.5. The number of anilines is 4. The van der Waals surface area contributed by atoms with Crippen LogP contribution in [0.5, 0.6) is 0 Å². The molecule has 0 fully saturated rings. The first-order valence-electron chi connectivity index (χ1n) is 23.7. The molecule has 0 spiro atoms. The minimum Gasteiger partial charge on any atom is -0.334 e. The molecule has 2 aliphatic heterocycles. The second kappa shape index (κ2) is 14.9. The molecule has 0 N–H and O–H groups in total. The molecule has 0 amide bonds. The van der Waals surface area contributed by atoms with Gasteiger partial charge in [0.2, 0.25) is 0 Å². The summed E-state index contributed by atoms with van der Waals surface area (Å²) in [7, 11) is 0. The van der Waals surface area contributed by atoms with Gasteiger partial charge in [-0.25, -0.2) is 0 Å². The zero-order valence-electron chi connectivity index (χ0n) is 40.3. The van der Waals surface area contributed by atoms with E-state index in [1.807, 2.05) is 11.3 Å². The molecule has 1 atom stereocenters. The quantitative estimate of drug-likeness (QED) is 0.166. The highest BCUT2D eigenvalue weighted by atomic mass is 32.1. The van der Waals surface area contributed by atoms with Crippen LogP contribution in [0.1, 0.15) is 128 Å². The Bertz CT molecular complexity index is 2890. The average molecular weight is 857 g/mol. The van der Waals surface area contributed by atoms with Crippen molar-refractivity contribution in [3.63, 3.8) is 0 Å². The molecule has 3 heterocycles. The van der Waals surface area contributed by atoms with E-state index in [2.05, 4.69) is 214 Å². The Balaban J connectivity index is 1.29. The van der Waals surface area contributed by atoms with Gasteiger partial charge in [0, 0.05) is 43.4 Å². The Kier molecular flexibility index (Phi) is 9.90. The summed E-state index contributed by atoms with van der Waals surface area (Å²) in [6.45, 7) is 33.1. The van der Waals surface area contributed by atoms with E-state index in [0.717, 1.165) is 19.3 Å². The minimum atomic E-state index is -0.0726. The van der Waals surface area contributed by atoms with Crippen molar-refractivity contribution in [3.8, 4) is 0 Å². The number of benzene rings is 4. The normalized spacial score (nSPS) is 19.8. The van der Waals surface area contributed by atoms with Crippen LogP contribution in [-0.4, -0.2) is 12.8 Å². The van der Waals surface area contributed by atoms with Crippen LogP contribution in [0.3, 0.4) is 0 Å². The predicted octanol–water partition coefficient (Wildman–Crippen LogP) is 15.1. The van der Waals surface area contributed by atoms with Crippen molar-refractivity contribution in [2.45, 2.75) is 125 Å². The van der Waals surface area contributed by atoms with E-state index in [9.17, 15) is 0 Å². The summed E-state index contributed by atoms with van der Waals surface area (Å²) in [4.78, 5) is 6.73. The lowest BCUT2D eigenvalue weighted by atomic mass is 9.33. The lowest BCUT2D eigenvalue weighted by Gasteiger charge is -2.50. The largest absolute Gasteiger partial charge is 0.334 e. The smallest absolute Gasteiger partial charge is 0.259 e. The molecule has 3 aliphatic carbocycles. The fourth-order valence-electron chi connectivity index (χ4n) is 11.3. The number of allylic oxidation sites excluding steroid dienone is 7. The fourth-order valence-corrected chi connectivity index (χ4v) is 12.7. The Morgan fingerprint density at radius 3 is 1.98 bits per heavy atom. The van der Waals surface area contributed by atoms with Crippen LogP contribution in [0.4, 0.5) is 22.7 Å². The number of fused-ring (bicyclic) bond motifs is 4. The zero-order chi connectivity index (χ0) is 45.2. The van der Waals surface area contributed by atoms with Crippen LogP contribution in [0.25, 0.3) is 11.6 Å². The molecule has 1 unspecified atom stereocenters. The molecule has 5 aromatic rings. The third-order valence-electron chi connectivity index (χ3n) is 15.0. The second-order valence-corrected chi connectivity index (χ2v) is 23.7. The highest BCUT2D eigenvalue weighted by Crippen LogP contribution is 2.56. The van der Waals surface area contributed by atoms with Crippen molar-refractivity contribution >= 4 is 62.7 Å². The Morgan fingerprint density at radius 2 is 1.38 bits per heavy atom. The maximum atomic E-state index is 4.78. The molecule has 4 aromatic carbocycles. The summed E-state index contributed by atoms with van der Waals surface area (Å²) >= 11 is 2.02. The summed E-state index contributed by atoms with van der Waals surface area (Å²) in [6, 6.07) is 37.7. The zero-order valence-corrected chi connectivity index (χ0v) is 41.1. The molecule has 4 heteroatoms. The van der Waals surface area contributed by atoms with Crippen LogP contribution in [-0.2, 0) is 16.2 Å². The van der Waals surface area contributed by atoms with Gasteiger partial charge in [-0.05, 0) is 134 Å². The molecule has 0 saturated carbocycles. The van der Waals surface area contributed by atoms with Crippen LogP contribution < -0.4 is 20.0 Å². The van der Waals surface area contributed by atoms with Crippen molar-refractivity contribution in [2.24, 2.45) is 5.41 Å². The number of rotatable bonds is 4.